The number of rotatable bonds is 5. The summed E-state index contributed by atoms with van der Waals surface area (Å²) in [5, 5.41) is 4.68. The summed E-state index contributed by atoms with van der Waals surface area (Å²) in [7, 11) is 0. The van der Waals surface area contributed by atoms with Gasteiger partial charge in [-0.3, -0.25) is 4.90 Å². The predicted molar refractivity (Wildman–Crippen MR) is 101 cm³/mol. The molecule has 2 aliphatic heterocycles. The van der Waals surface area contributed by atoms with Gasteiger partial charge in [-0.1, -0.05) is 12.1 Å². The normalized spacial score (nSPS) is 25.6. The maximum Gasteiger partial charge on any atom is 0.222 e. The summed E-state index contributed by atoms with van der Waals surface area (Å²) in [6.07, 6.45) is 5.90. The van der Waals surface area contributed by atoms with Crippen LogP contribution in [0.2, 0.25) is 0 Å². The van der Waals surface area contributed by atoms with Gasteiger partial charge in [0.15, 0.2) is 0 Å². The molecular weight excluding hydrogens is 326 g/mol. The number of ether oxygens (including phenoxy) is 1. The molecule has 6 nitrogen and oxygen atoms in total. The van der Waals surface area contributed by atoms with Crippen molar-refractivity contribution >= 4 is 16.9 Å². The molecule has 0 saturated carbocycles. The Labute approximate surface area is 152 Å². The van der Waals surface area contributed by atoms with Crippen molar-refractivity contribution in [3.63, 3.8) is 0 Å². The maximum atomic E-state index is 6.09. The van der Waals surface area contributed by atoms with Gasteiger partial charge in [-0.2, -0.15) is 0 Å². The monoisotopic (exact) mass is 349 g/mol. The van der Waals surface area contributed by atoms with Crippen LogP contribution in [0.1, 0.15) is 5.56 Å². The predicted octanol–water partition coefficient (Wildman–Crippen LogP) is 2.52. The van der Waals surface area contributed by atoms with E-state index in [1.165, 1.54) is 16.5 Å². The average Bonchev–Trinajstić information content (AvgIpc) is 3.37. The topological polar surface area (TPSA) is 66.1 Å². The van der Waals surface area contributed by atoms with E-state index in [1.807, 2.05) is 12.3 Å². The highest BCUT2D eigenvalue weighted by Gasteiger charge is 2.43. The van der Waals surface area contributed by atoms with E-state index in [-0.39, 0.29) is 0 Å². The zero-order chi connectivity index (χ0) is 17.3. The summed E-state index contributed by atoms with van der Waals surface area (Å²) in [6.45, 7) is 4.79. The first-order chi connectivity index (χ1) is 12.9. The SMILES string of the molecule is c1cnc(NC[C@H]2CO[C@@H]3CN(Cc4cccc5[nH]ccc45)C[C@H]23)nc1. The number of H-pyrrole nitrogens is 1. The largest absolute Gasteiger partial charge is 0.376 e. The van der Waals surface area contributed by atoms with E-state index >= 15 is 0 Å². The third kappa shape index (κ3) is 2.95. The minimum Gasteiger partial charge on any atom is -0.376 e. The Morgan fingerprint density at radius 2 is 2.08 bits per heavy atom. The lowest BCUT2D eigenvalue weighted by molar-refractivity contribution is 0.0946. The Morgan fingerprint density at radius 3 is 3.00 bits per heavy atom. The van der Waals surface area contributed by atoms with Gasteiger partial charge in [-0.15, -0.1) is 0 Å². The Balaban J connectivity index is 1.23. The van der Waals surface area contributed by atoms with Gasteiger partial charge in [0.1, 0.15) is 0 Å². The number of nitrogens with zero attached hydrogens (tertiary/aromatic N) is 3. The Hall–Kier alpha value is -2.44. The molecule has 2 aromatic heterocycles. The van der Waals surface area contributed by atoms with E-state index < -0.39 is 0 Å². The molecular formula is C20H23N5O. The van der Waals surface area contributed by atoms with E-state index in [2.05, 4.69) is 49.4 Å². The van der Waals surface area contributed by atoms with Gasteiger partial charge in [0, 0.05) is 67.5 Å². The molecule has 4 heterocycles. The second kappa shape index (κ2) is 6.70. The summed E-state index contributed by atoms with van der Waals surface area (Å²) in [6, 6.07) is 10.5. The van der Waals surface area contributed by atoms with Gasteiger partial charge in [-0.25, -0.2) is 9.97 Å². The smallest absolute Gasteiger partial charge is 0.222 e. The van der Waals surface area contributed by atoms with Gasteiger partial charge in [0.05, 0.1) is 12.7 Å². The van der Waals surface area contributed by atoms with E-state index in [0.717, 1.165) is 32.8 Å². The zero-order valence-corrected chi connectivity index (χ0v) is 14.6. The number of fused-ring (bicyclic) bond motifs is 2. The summed E-state index contributed by atoms with van der Waals surface area (Å²) in [4.78, 5) is 14.3. The molecule has 1 aromatic carbocycles. The van der Waals surface area contributed by atoms with Crippen molar-refractivity contribution in [3.05, 3.63) is 54.5 Å². The van der Waals surface area contributed by atoms with Crippen LogP contribution in [0.5, 0.6) is 0 Å². The highest BCUT2D eigenvalue weighted by molar-refractivity contribution is 5.82. The number of aromatic amines is 1. The molecule has 0 bridgehead atoms. The van der Waals surface area contributed by atoms with Crippen LogP contribution >= 0.6 is 0 Å². The lowest BCUT2D eigenvalue weighted by atomic mass is 9.93. The molecule has 0 unspecified atom stereocenters. The van der Waals surface area contributed by atoms with Gasteiger partial charge in [0.25, 0.3) is 0 Å². The molecule has 26 heavy (non-hydrogen) atoms. The first kappa shape index (κ1) is 15.8. The second-order valence-electron chi connectivity index (χ2n) is 7.30. The second-order valence-corrected chi connectivity index (χ2v) is 7.30. The molecule has 2 N–H and O–H groups in total. The van der Waals surface area contributed by atoms with Crippen LogP contribution in [0.3, 0.4) is 0 Å². The molecule has 5 rings (SSSR count). The van der Waals surface area contributed by atoms with Crippen molar-refractivity contribution in [1.29, 1.82) is 0 Å². The summed E-state index contributed by atoms with van der Waals surface area (Å²) < 4.78 is 6.09. The fourth-order valence-corrected chi connectivity index (χ4v) is 4.36. The first-order valence-corrected chi connectivity index (χ1v) is 9.26. The van der Waals surface area contributed by atoms with Crippen LogP contribution in [-0.4, -0.2) is 52.2 Å². The zero-order valence-electron chi connectivity index (χ0n) is 14.6. The van der Waals surface area contributed by atoms with Gasteiger partial charge < -0.3 is 15.0 Å². The molecule has 0 radical (unpaired) electrons. The van der Waals surface area contributed by atoms with Crippen molar-refractivity contribution in [3.8, 4) is 0 Å². The highest BCUT2D eigenvalue weighted by Crippen LogP contribution is 2.34. The molecule has 0 spiro atoms. The van der Waals surface area contributed by atoms with Gasteiger partial charge in [-0.05, 0) is 23.8 Å². The molecule has 2 aliphatic rings. The third-order valence-electron chi connectivity index (χ3n) is 5.68. The number of hydrogen-bond donors (Lipinski definition) is 2. The average molecular weight is 349 g/mol. The number of aromatic nitrogens is 3. The first-order valence-electron chi connectivity index (χ1n) is 9.26. The van der Waals surface area contributed by atoms with Crippen LogP contribution in [0.4, 0.5) is 5.95 Å². The van der Waals surface area contributed by atoms with E-state index in [1.54, 1.807) is 12.4 Å². The fourth-order valence-electron chi connectivity index (χ4n) is 4.36. The standard InChI is InChI=1S/C20H23N5O/c1-3-14(16-5-8-21-18(16)4-1)10-25-11-17-15(13-26-19(17)12-25)9-24-20-22-6-2-7-23-20/h1-8,15,17,19,21H,9-13H2,(H,22,23,24)/t15-,17+,19+/m0/s1. The van der Waals surface area contributed by atoms with E-state index in [0.29, 0.717) is 23.9 Å². The molecule has 2 saturated heterocycles. The summed E-state index contributed by atoms with van der Waals surface area (Å²) in [5.74, 6) is 1.79. The van der Waals surface area contributed by atoms with Gasteiger partial charge >= 0.3 is 0 Å². The van der Waals surface area contributed by atoms with Crippen LogP contribution in [0, 0.1) is 11.8 Å². The summed E-state index contributed by atoms with van der Waals surface area (Å²) >= 11 is 0. The van der Waals surface area contributed by atoms with Crippen LogP contribution in [0.25, 0.3) is 10.9 Å². The number of benzene rings is 1. The Kier molecular flexibility index (Phi) is 4.07. The maximum absolute atomic E-state index is 6.09. The number of nitrogens with one attached hydrogen (secondary N) is 2. The lowest BCUT2D eigenvalue weighted by Crippen LogP contribution is -2.27. The number of hydrogen-bond acceptors (Lipinski definition) is 5. The van der Waals surface area contributed by atoms with Crippen molar-refractivity contribution in [2.24, 2.45) is 11.8 Å². The Bertz CT molecular complexity index is 880. The molecule has 0 aliphatic carbocycles. The van der Waals surface area contributed by atoms with E-state index in [9.17, 15) is 0 Å². The molecule has 3 aromatic rings. The summed E-state index contributed by atoms with van der Waals surface area (Å²) in [5.41, 5.74) is 2.60. The van der Waals surface area contributed by atoms with E-state index in [4.69, 9.17) is 4.74 Å². The molecule has 2 fully saturated rings. The molecule has 0 amide bonds. The quantitative estimate of drug-likeness (QED) is 0.741. The minimum absolute atomic E-state index is 0.351. The number of anilines is 1. The van der Waals surface area contributed by atoms with Crippen molar-refractivity contribution in [2.45, 2.75) is 12.6 Å². The molecule has 6 heteroatoms. The van der Waals surface area contributed by atoms with Crippen molar-refractivity contribution in [1.82, 2.24) is 19.9 Å². The number of likely N-dealkylation sites (tertiary alicyclic amines) is 1. The Morgan fingerprint density at radius 1 is 1.15 bits per heavy atom. The molecule has 3 atom stereocenters. The minimum atomic E-state index is 0.351. The van der Waals surface area contributed by atoms with Gasteiger partial charge in [0.2, 0.25) is 5.95 Å². The van der Waals surface area contributed by atoms with Crippen LogP contribution < -0.4 is 5.32 Å². The lowest BCUT2D eigenvalue weighted by Gasteiger charge is -2.20. The highest BCUT2D eigenvalue weighted by atomic mass is 16.5. The third-order valence-corrected chi connectivity index (χ3v) is 5.68. The van der Waals surface area contributed by atoms with Crippen LogP contribution in [0.15, 0.2) is 48.9 Å². The van der Waals surface area contributed by atoms with Crippen molar-refractivity contribution < 1.29 is 4.74 Å². The van der Waals surface area contributed by atoms with Crippen LogP contribution in [-0.2, 0) is 11.3 Å². The fraction of sp³-hybridized carbons (Fsp3) is 0.400. The molecule has 134 valence electrons. The van der Waals surface area contributed by atoms with Crippen molar-refractivity contribution in [2.75, 3.05) is 31.6 Å².